The zero-order chi connectivity index (χ0) is 21.5. The second-order valence-corrected chi connectivity index (χ2v) is 10.7. The minimum absolute atomic E-state index is 0.00367. The number of hydrogen-bond acceptors (Lipinski definition) is 7. The number of carbonyl (C=O) groups is 1. The molecule has 0 radical (unpaired) electrons. The van der Waals surface area contributed by atoms with Gasteiger partial charge in [0.05, 0.1) is 25.8 Å². The summed E-state index contributed by atoms with van der Waals surface area (Å²) in [7, 11) is 0. The highest BCUT2D eigenvalue weighted by atomic mass is 32.2. The topological polar surface area (TPSA) is 36.4 Å². The summed E-state index contributed by atoms with van der Waals surface area (Å²) in [6.07, 6.45) is 3.94. The van der Waals surface area contributed by atoms with E-state index < -0.39 is 0 Å². The number of thiocarbonyl (C=S) groups is 1. The van der Waals surface area contributed by atoms with Crippen molar-refractivity contribution < 1.29 is 4.79 Å². The van der Waals surface area contributed by atoms with Crippen LogP contribution in [0.2, 0.25) is 0 Å². The van der Waals surface area contributed by atoms with Gasteiger partial charge in [0, 0.05) is 23.5 Å². The van der Waals surface area contributed by atoms with Gasteiger partial charge in [-0.05, 0) is 50.3 Å². The number of anilines is 1. The summed E-state index contributed by atoms with van der Waals surface area (Å²) in [5.41, 5.74) is 3.35. The lowest BCUT2D eigenvalue weighted by Gasteiger charge is -2.18. The van der Waals surface area contributed by atoms with E-state index in [9.17, 15) is 4.79 Å². The molecular formula is C23H19N3OS4. The second kappa shape index (κ2) is 8.43. The van der Waals surface area contributed by atoms with Crippen molar-refractivity contribution in [3.8, 4) is 10.6 Å². The van der Waals surface area contributed by atoms with Crippen LogP contribution in [0.1, 0.15) is 13.8 Å². The number of allylic oxidation sites excluding steroid dienone is 2. The van der Waals surface area contributed by atoms with Gasteiger partial charge in [-0.15, -0.1) is 11.3 Å². The molecule has 1 saturated heterocycles. The number of amides is 1. The predicted molar refractivity (Wildman–Crippen MR) is 138 cm³/mol. The van der Waals surface area contributed by atoms with Crippen LogP contribution in [-0.2, 0) is 4.79 Å². The van der Waals surface area contributed by atoms with Crippen LogP contribution in [0.5, 0.6) is 0 Å². The number of hydrogen-bond donors (Lipinski definition) is 0. The number of nitrogens with zero attached hydrogens (tertiary/aromatic N) is 3. The van der Waals surface area contributed by atoms with Crippen LogP contribution in [0, 0.1) is 0 Å². The van der Waals surface area contributed by atoms with Gasteiger partial charge < -0.3 is 4.90 Å². The van der Waals surface area contributed by atoms with Crippen molar-refractivity contribution in [2.45, 2.75) is 18.7 Å². The molecule has 0 N–H and O–H groups in total. The number of fused-ring (bicyclic) bond motifs is 2. The summed E-state index contributed by atoms with van der Waals surface area (Å²) in [5.74, 6) is -0.00367. The van der Waals surface area contributed by atoms with E-state index in [0.717, 1.165) is 27.7 Å². The van der Waals surface area contributed by atoms with Crippen molar-refractivity contribution >= 4 is 73.2 Å². The molecule has 2 aliphatic rings. The molecule has 2 aromatic carbocycles. The second-order valence-electron chi connectivity index (χ2n) is 6.97. The number of thioether (sulfide) groups is 2. The van der Waals surface area contributed by atoms with Crippen LogP contribution in [0.15, 0.2) is 69.4 Å². The highest BCUT2D eigenvalue weighted by Gasteiger charge is 2.31. The number of benzene rings is 2. The Morgan fingerprint density at radius 1 is 1.03 bits per heavy atom. The molecule has 5 rings (SSSR count). The van der Waals surface area contributed by atoms with Gasteiger partial charge in [0.25, 0.3) is 5.91 Å². The number of likely N-dealkylation sites (N-methyl/N-ethyl adjacent to an activating group) is 1. The Kier molecular flexibility index (Phi) is 5.64. The molecule has 0 bridgehead atoms. The molecule has 0 saturated carbocycles. The fourth-order valence-corrected chi connectivity index (χ4v) is 7.01. The maximum absolute atomic E-state index is 12.5. The first kappa shape index (κ1) is 20.8. The zero-order valence-electron chi connectivity index (χ0n) is 17.0. The molecule has 1 fully saturated rings. The van der Waals surface area contributed by atoms with Crippen LogP contribution in [0.25, 0.3) is 20.8 Å². The van der Waals surface area contributed by atoms with Gasteiger partial charge >= 0.3 is 0 Å². The maximum Gasteiger partial charge on any atom is 0.266 e. The van der Waals surface area contributed by atoms with Gasteiger partial charge in [-0.25, -0.2) is 4.98 Å². The Bertz CT molecular complexity index is 1240. The van der Waals surface area contributed by atoms with E-state index in [0.29, 0.717) is 15.8 Å². The van der Waals surface area contributed by atoms with E-state index in [1.54, 1.807) is 28.0 Å². The SMILES string of the molecule is CCN1C(=O)/C(=C\C=C2/Sc3ccc(-c4nc5ccccc5s4)cc3N2CC)SC1=S. The molecular weight excluding hydrogens is 463 g/mol. The summed E-state index contributed by atoms with van der Waals surface area (Å²) in [6.45, 7) is 5.54. The molecule has 156 valence electrons. The summed E-state index contributed by atoms with van der Waals surface area (Å²) in [4.78, 5) is 23.1. The van der Waals surface area contributed by atoms with Gasteiger partial charge in [0.2, 0.25) is 0 Å². The van der Waals surface area contributed by atoms with Crippen LogP contribution in [0.4, 0.5) is 5.69 Å². The molecule has 0 aliphatic carbocycles. The zero-order valence-corrected chi connectivity index (χ0v) is 20.3. The van der Waals surface area contributed by atoms with E-state index in [1.165, 1.54) is 27.0 Å². The van der Waals surface area contributed by atoms with Crippen molar-refractivity contribution in [1.82, 2.24) is 9.88 Å². The lowest BCUT2D eigenvalue weighted by atomic mass is 10.2. The number of aromatic nitrogens is 1. The average Bonchev–Trinajstić information content (AvgIpc) is 3.44. The first-order valence-electron chi connectivity index (χ1n) is 10.00. The normalized spacial score (nSPS) is 18.8. The number of thiazole rings is 1. The molecule has 0 atom stereocenters. The molecule has 3 aromatic rings. The fraction of sp³-hybridized carbons (Fsp3) is 0.174. The van der Waals surface area contributed by atoms with Crippen LogP contribution in [0.3, 0.4) is 0 Å². The van der Waals surface area contributed by atoms with Crippen LogP contribution in [-0.4, -0.2) is 33.2 Å². The summed E-state index contributed by atoms with van der Waals surface area (Å²) in [5, 5.41) is 2.14. The lowest BCUT2D eigenvalue weighted by Crippen LogP contribution is -2.27. The maximum atomic E-state index is 12.5. The number of para-hydroxylation sites is 1. The quantitative estimate of drug-likeness (QED) is 0.313. The smallest absolute Gasteiger partial charge is 0.266 e. The molecule has 2 aliphatic heterocycles. The largest absolute Gasteiger partial charge is 0.335 e. The van der Waals surface area contributed by atoms with Crippen molar-refractivity contribution in [3.05, 3.63) is 64.6 Å². The van der Waals surface area contributed by atoms with Crippen LogP contribution < -0.4 is 4.90 Å². The first-order valence-corrected chi connectivity index (χ1v) is 12.9. The molecule has 1 aromatic heterocycles. The summed E-state index contributed by atoms with van der Waals surface area (Å²) in [6, 6.07) is 14.8. The van der Waals surface area contributed by atoms with E-state index in [4.69, 9.17) is 17.2 Å². The molecule has 31 heavy (non-hydrogen) atoms. The molecule has 8 heteroatoms. The van der Waals surface area contributed by atoms with Gasteiger partial charge in [-0.1, -0.05) is 53.9 Å². The monoisotopic (exact) mass is 481 g/mol. The van der Waals surface area contributed by atoms with Crippen molar-refractivity contribution in [2.75, 3.05) is 18.0 Å². The number of carbonyl (C=O) groups excluding carboxylic acids is 1. The highest BCUT2D eigenvalue weighted by molar-refractivity contribution is 8.26. The Labute approximate surface area is 199 Å². The number of rotatable bonds is 4. The first-order chi connectivity index (χ1) is 15.1. The molecule has 0 spiro atoms. The predicted octanol–water partition coefficient (Wildman–Crippen LogP) is 6.50. The standard InChI is InChI=1S/C23H19N3OS4/c1-3-25-16-13-14(21-24-15-7-5-6-8-17(15)30-21)9-10-18(16)29-20(25)12-11-19-22(27)26(4-2)23(28)31-19/h5-13H,3-4H2,1-2H3/b19-11+,20-12-. The van der Waals surface area contributed by atoms with Gasteiger partial charge in [0.15, 0.2) is 0 Å². The van der Waals surface area contributed by atoms with Gasteiger partial charge in [-0.2, -0.15) is 0 Å². The van der Waals surface area contributed by atoms with E-state index in [-0.39, 0.29) is 5.91 Å². The summed E-state index contributed by atoms with van der Waals surface area (Å²) >= 11 is 10.1. The molecule has 3 heterocycles. The minimum Gasteiger partial charge on any atom is -0.335 e. The average molecular weight is 482 g/mol. The molecule has 4 nitrogen and oxygen atoms in total. The van der Waals surface area contributed by atoms with Gasteiger partial charge in [-0.3, -0.25) is 9.69 Å². The summed E-state index contributed by atoms with van der Waals surface area (Å²) < 4.78 is 1.83. The van der Waals surface area contributed by atoms with Crippen LogP contribution >= 0.6 is 47.1 Å². The minimum atomic E-state index is -0.00367. The highest BCUT2D eigenvalue weighted by Crippen LogP contribution is 2.48. The third-order valence-electron chi connectivity index (χ3n) is 5.15. The molecule has 1 amide bonds. The lowest BCUT2D eigenvalue weighted by molar-refractivity contribution is -0.122. The van der Waals surface area contributed by atoms with E-state index >= 15 is 0 Å². The van der Waals surface area contributed by atoms with Crippen molar-refractivity contribution in [2.24, 2.45) is 0 Å². The Hall–Kier alpha value is -2.13. The fourth-order valence-electron chi connectivity index (χ4n) is 3.61. The van der Waals surface area contributed by atoms with Crippen molar-refractivity contribution in [1.29, 1.82) is 0 Å². The third-order valence-corrected chi connectivity index (χ3v) is 8.77. The third kappa shape index (κ3) is 3.71. The molecule has 0 unspecified atom stereocenters. The Balaban J connectivity index is 1.46. The van der Waals surface area contributed by atoms with Crippen molar-refractivity contribution in [3.63, 3.8) is 0 Å². The van der Waals surface area contributed by atoms with Gasteiger partial charge in [0.1, 0.15) is 9.33 Å². The van der Waals surface area contributed by atoms with E-state index in [2.05, 4.69) is 42.2 Å². The Morgan fingerprint density at radius 3 is 2.58 bits per heavy atom. The van der Waals surface area contributed by atoms with E-state index in [1.807, 2.05) is 31.2 Å². The Morgan fingerprint density at radius 2 is 1.84 bits per heavy atom.